The Kier molecular flexibility index (Phi) is 5.56. The van der Waals surface area contributed by atoms with Crippen molar-refractivity contribution in [2.24, 2.45) is 0 Å². The van der Waals surface area contributed by atoms with Crippen molar-refractivity contribution in [3.63, 3.8) is 0 Å². The van der Waals surface area contributed by atoms with Gasteiger partial charge in [-0.25, -0.2) is 0 Å². The van der Waals surface area contributed by atoms with Gasteiger partial charge in [-0.3, -0.25) is 0 Å². The Morgan fingerprint density at radius 3 is 2.74 bits per heavy atom. The zero-order valence-corrected chi connectivity index (χ0v) is 11.6. The Morgan fingerprint density at radius 2 is 2.00 bits per heavy atom. The maximum atomic E-state index is 5.88. The van der Waals surface area contributed by atoms with Gasteiger partial charge in [-0.2, -0.15) is 15.0 Å². The fourth-order valence-electron chi connectivity index (χ4n) is 1.66. The summed E-state index contributed by atoms with van der Waals surface area (Å²) in [5.74, 6) is 0.532. The van der Waals surface area contributed by atoms with E-state index in [2.05, 4.69) is 15.0 Å². The number of hydrogen-bond acceptors (Lipinski definition) is 7. The van der Waals surface area contributed by atoms with E-state index in [0.29, 0.717) is 32.4 Å². The zero-order valence-electron chi connectivity index (χ0n) is 10.8. The Morgan fingerprint density at radius 1 is 1.21 bits per heavy atom. The van der Waals surface area contributed by atoms with Gasteiger partial charge in [0.2, 0.25) is 11.2 Å². The number of morpholine rings is 1. The molecule has 1 saturated heterocycles. The van der Waals surface area contributed by atoms with Crippen molar-refractivity contribution in [3.05, 3.63) is 5.28 Å². The highest BCUT2D eigenvalue weighted by molar-refractivity contribution is 6.28. The van der Waals surface area contributed by atoms with E-state index in [1.165, 1.54) is 0 Å². The molecule has 1 aliphatic rings. The van der Waals surface area contributed by atoms with Gasteiger partial charge in [-0.1, -0.05) is 0 Å². The van der Waals surface area contributed by atoms with Crippen molar-refractivity contribution >= 4 is 17.5 Å². The predicted octanol–water partition coefficient (Wildman–Crippen LogP) is 0.777. The minimum atomic E-state index is 0.137. The first kappa shape index (κ1) is 14.2. The lowest BCUT2D eigenvalue weighted by Crippen LogP contribution is -2.37. The summed E-state index contributed by atoms with van der Waals surface area (Å²) in [5.41, 5.74) is 0. The number of hydrogen-bond donors (Lipinski definition) is 0. The first-order valence-corrected chi connectivity index (χ1v) is 6.53. The first-order valence-electron chi connectivity index (χ1n) is 6.15. The van der Waals surface area contributed by atoms with Crippen LogP contribution < -0.4 is 9.64 Å². The lowest BCUT2D eigenvalue weighted by atomic mass is 10.4. The van der Waals surface area contributed by atoms with Crippen LogP contribution in [0, 0.1) is 0 Å². The molecule has 0 amide bonds. The van der Waals surface area contributed by atoms with E-state index >= 15 is 0 Å². The number of methoxy groups -OCH3 is 1. The molecular formula is C11H17ClN4O3. The Balaban J connectivity index is 1.97. The van der Waals surface area contributed by atoms with Crippen LogP contribution in [0.1, 0.15) is 6.42 Å². The molecule has 1 aromatic rings. The summed E-state index contributed by atoms with van der Waals surface area (Å²) < 4.78 is 15.7. The van der Waals surface area contributed by atoms with Crippen molar-refractivity contribution in [1.29, 1.82) is 0 Å². The maximum Gasteiger partial charge on any atom is 0.322 e. The van der Waals surface area contributed by atoms with E-state index in [-0.39, 0.29) is 11.3 Å². The topological polar surface area (TPSA) is 69.6 Å². The Hall–Kier alpha value is -1.18. The first-order chi connectivity index (χ1) is 9.29. The quantitative estimate of drug-likeness (QED) is 0.716. The molecule has 2 rings (SSSR count). The molecule has 2 heterocycles. The van der Waals surface area contributed by atoms with Crippen molar-refractivity contribution in [1.82, 2.24) is 15.0 Å². The van der Waals surface area contributed by atoms with Crippen LogP contribution in [0.5, 0.6) is 6.01 Å². The summed E-state index contributed by atoms with van der Waals surface area (Å²) in [7, 11) is 1.65. The second kappa shape index (κ2) is 7.42. The molecule has 7 nitrogen and oxygen atoms in total. The van der Waals surface area contributed by atoms with Gasteiger partial charge in [-0.15, -0.1) is 0 Å². The van der Waals surface area contributed by atoms with E-state index < -0.39 is 0 Å². The fraction of sp³-hybridized carbons (Fsp3) is 0.727. The third kappa shape index (κ3) is 4.45. The van der Waals surface area contributed by atoms with E-state index in [0.717, 1.165) is 19.5 Å². The molecule has 0 spiro atoms. The number of halogens is 1. The molecule has 0 saturated carbocycles. The minimum Gasteiger partial charge on any atom is -0.463 e. The van der Waals surface area contributed by atoms with Gasteiger partial charge in [0.25, 0.3) is 0 Å². The molecule has 1 aliphatic heterocycles. The number of anilines is 1. The van der Waals surface area contributed by atoms with Crippen LogP contribution in [0.15, 0.2) is 0 Å². The average Bonchev–Trinajstić information content (AvgIpc) is 2.44. The highest BCUT2D eigenvalue weighted by Crippen LogP contribution is 2.16. The molecule has 0 atom stereocenters. The van der Waals surface area contributed by atoms with E-state index in [1.54, 1.807) is 7.11 Å². The third-order valence-electron chi connectivity index (χ3n) is 2.59. The number of aromatic nitrogens is 3. The molecule has 0 unspecified atom stereocenters. The molecule has 106 valence electrons. The van der Waals surface area contributed by atoms with Crippen LogP contribution >= 0.6 is 11.6 Å². The number of nitrogens with zero attached hydrogens (tertiary/aromatic N) is 4. The standard InChI is InChI=1S/C11H17ClN4O3/c1-17-5-2-6-19-11-14-9(12)13-10(15-11)16-3-7-18-8-4-16/h2-8H2,1H3. The molecule has 1 aromatic heterocycles. The maximum absolute atomic E-state index is 5.88. The van der Waals surface area contributed by atoms with E-state index in [1.807, 2.05) is 4.90 Å². The fourth-order valence-corrected chi connectivity index (χ4v) is 1.81. The SMILES string of the molecule is COCCCOc1nc(Cl)nc(N2CCOCC2)n1. The molecular weight excluding hydrogens is 272 g/mol. The second-order valence-corrected chi connectivity index (χ2v) is 4.32. The minimum absolute atomic E-state index is 0.137. The summed E-state index contributed by atoms with van der Waals surface area (Å²) in [6, 6.07) is 0.248. The van der Waals surface area contributed by atoms with Crippen LogP contribution in [0.4, 0.5) is 5.95 Å². The van der Waals surface area contributed by atoms with Gasteiger partial charge in [0.15, 0.2) is 0 Å². The summed E-state index contributed by atoms with van der Waals surface area (Å²) in [5, 5.41) is 0.137. The average molecular weight is 289 g/mol. The van der Waals surface area contributed by atoms with Crippen LogP contribution in [0.2, 0.25) is 5.28 Å². The van der Waals surface area contributed by atoms with Gasteiger partial charge in [-0.05, 0) is 11.6 Å². The van der Waals surface area contributed by atoms with Crippen LogP contribution in [0.25, 0.3) is 0 Å². The van der Waals surface area contributed by atoms with Crippen molar-refractivity contribution in [3.8, 4) is 6.01 Å². The molecule has 0 aliphatic carbocycles. The molecule has 0 aromatic carbocycles. The van der Waals surface area contributed by atoms with Crippen LogP contribution in [-0.4, -0.2) is 61.6 Å². The lowest BCUT2D eigenvalue weighted by molar-refractivity contribution is 0.121. The summed E-state index contributed by atoms with van der Waals surface area (Å²) >= 11 is 5.88. The van der Waals surface area contributed by atoms with Crippen LogP contribution in [-0.2, 0) is 9.47 Å². The van der Waals surface area contributed by atoms with Crippen molar-refractivity contribution in [2.75, 3.05) is 51.5 Å². The van der Waals surface area contributed by atoms with Gasteiger partial charge >= 0.3 is 6.01 Å². The van der Waals surface area contributed by atoms with Gasteiger partial charge in [0, 0.05) is 33.2 Å². The normalized spacial score (nSPS) is 15.6. The molecule has 0 N–H and O–H groups in total. The summed E-state index contributed by atoms with van der Waals surface area (Å²) in [6.07, 6.45) is 0.771. The monoisotopic (exact) mass is 288 g/mol. The molecule has 0 radical (unpaired) electrons. The summed E-state index contributed by atoms with van der Waals surface area (Å²) in [4.78, 5) is 14.3. The number of rotatable bonds is 6. The van der Waals surface area contributed by atoms with Crippen LogP contribution in [0.3, 0.4) is 0 Å². The smallest absolute Gasteiger partial charge is 0.322 e. The Labute approximate surface area is 116 Å². The van der Waals surface area contributed by atoms with E-state index in [9.17, 15) is 0 Å². The predicted molar refractivity (Wildman–Crippen MR) is 69.9 cm³/mol. The summed E-state index contributed by atoms with van der Waals surface area (Å²) in [6.45, 7) is 3.92. The highest BCUT2D eigenvalue weighted by atomic mass is 35.5. The van der Waals surface area contributed by atoms with Crippen molar-refractivity contribution in [2.45, 2.75) is 6.42 Å². The highest BCUT2D eigenvalue weighted by Gasteiger charge is 2.16. The molecule has 8 heteroatoms. The Bertz CT molecular complexity index is 402. The van der Waals surface area contributed by atoms with Crippen molar-refractivity contribution < 1.29 is 14.2 Å². The number of ether oxygens (including phenoxy) is 3. The molecule has 19 heavy (non-hydrogen) atoms. The second-order valence-electron chi connectivity index (χ2n) is 3.98. The largest absolute Gasteiger partial charge is 0.463 e. The zero-order chi connectivity index (χ0) is 13.5. The molecule has 1 fully saturated rings. The van der Waals surface area contributed by atoms with E-state index in [4.69, 9.17) is 25.8 Å². The van der Waals surface area contributed by atoms with Gasteiger partial charge in [0.1, 0.15) is 0 Å². The van der Waals surface area contributed by atoms with Gasteiger partial charge < -0.3 is 19.1 Å². The van der Waals surface area contributed by atoms with Gasteiger partial charge in [0.05, 0.1) is 19.8 Å². The third-order valence-corrected chi connectivity index (χ3v) is 2.76. The molecule has 0 bridgehead atoms. The lowest BCUT2D eigenvalue weighted by Gasteiger charge is -2.26.